The molecule has 1 fully saturated rings. The van der Waals surface area contributed by atoms with Crippen LogP contribution in [0.15, 0.2) is 40.9 Å². The van der Waals surface area contributed by atoms with Crippen LogP contribution in [-0.4, -0.2) is 62.6 Å². The van der Waals surface area contributed by atoms with Crippen molar-refractivity contribution in [3.8, 4) is 11.5 Å². The van der Waals surface area contributed by atoms with Gasteiger partial charge >= 0.3 is 0 Å². The number of benzene rings is 2. The van der Waals surface area contributed by atoms with Gasteiger partial charge in [-0.2, -0.15) is 0 Å². The van der Waals surface area contributed by atoms with Gasteiger partial charge in [-0.25, -0.2) is 8.78 Å². The van der Waals surface area contributed by atoms with Gasteiger partial charge in [-0.3, -0.25) is 4.90 Å². The van der Waals surface area contributed by atoms with Gasteiger partial charge in [0, 0.05) is 37.2 Å². The van der Waals surface area contributed by atoms with Gasteiger partial charge in [0.25, 0.3) is 0 Å². The minimum absolute atomic E-state index is 0.178. The lowest BCUT2D eigenvalue weighted by Crippen LogP contribution is -2.49. The summed E-state index contributed by atoms with van der Waals surface area (Å²) in [4.78, 5) is 4.35. The average Bonchev–Trinajstić information content (AvgIpc) is 2.67. The van der Waals surface area contributed by atoms with Gasteiger partial charge in [0.1, 0.15) is 18.5 Å². The largest absolute Gasteiger partial charge is 0.495 e. The summed E-state index contributed by atoms with van der Waals surface area (Å²) in [6.07, 6.45) is -0.847. The van der Waals surface area contributed by atoms with Crippen LogP contribution < -0.4 is 14.4 Å². The average molecular weight is 457 g/mol. The van der Waals surface area contributed by atoms with Crippen LogP contribution in [0, 0.1) is 11.6 Å². The van der Waals surface area contributed by atoms with Gasteiger partial charge in [0.2, 0.25) is 0 Å². The van der Waals surface area contributed by atoms with Crippen molar-refractivity contribution in [2.45, 2.75) is 6.10 Å². The fraction of sp³-hybridized carbons (Fsp3) is 0.400. The number of nitrogens with zero attached hydrogens (tertiary/aromatic N) is 2. The normalized spacial score (nSPS) is 16.1. The molecule has 1 heterocycles. The van der Waals surface area contributed by atoms with E-state index in [1.807, 2.05) is 24.3 Å². The molecule has 8 heteroatoms. The number of rotatable bonds is 7. The smallest absolute Gasteiger partial charge is 0.190 e. The van der Waals surface area contributed by atoms with E-state index in [4.69, 9.17) is 9.47 Å². The summed E-state index contributed by atoms with van der Waals surface area (Å²) in [5.74, 6) is -1.24. The molecule has 0 spiro atoms. The number of anilines is 1. The van der Waals surface area contributed by atoms with Crippen molar-refractivity contribution in [3.63, 3.8) is 0 Å². The summed E-state index contributed by atoms with van der Waals surface area (Å²) in [5.41, 5.74) is 1.05. The van der Waals surface area contributed by atoms with Crippen LogP contribution >= 0.6 is 15.9 Å². The lowest BCUT2D eigenvalue weighted by Gasteiger charge is -2.37. The van der Waals surface area contributed by atoms with Crippen LogP contribution in [-0.2, 0) is 0 Å². The molecule has 0 amide bonds. The standard InChI is InChI=1S/C20H23BrF2N2O3/c1-27-19-5-3-2-4-18(19)25-8-6-24(7-9-25)12-15(26)13-28-20-16(22)10-14(21)11-17(20)23/h2-5,10-11,15,26H,6-9,12-13H2,1H3/t15-/m1/s1. The maximum Gasteiger partial charge on any atom is 0.190 e. The van der Waals surface area contributed by atoms with E-state index in [-0.39, 0.29) is 6.61 Å². The van der Waals surface area contributed by atoms with Gasteiger partial charge in [-0.05, 0) is 24.3 Å². The molecule has 5 nitrogen and oxygen atoms in total. The Hall–Kier alpha value is -1.90. The van der Waals surface area contributed by atoms with Gasteiger partial charge in [0.15, 0.2) is 17.4 Å². The van der Waals surface area contributed by atoms with Crippen molar-refractivity contribution in [3.05, 3.63) is 52.5 Å². The fourth-order valence-electron chi connectivity index (χ4n) is 3.26. The summed E-state index contributed by atoms with van der Waals surface area (Å²) in [6, 6.07) is 10.1. The van der Waals surface area contributed by atoms with Gasteiger partial charge in [-0.1, -0.05) is 28.1 Å². The summed E-state index contributed by atoms with van der Waals surface area (Å²) < 4.78 is 38.4. The van der Waals surface area contributed by atoms with E-state index in [2.05, 4.69) is 25.7 Å². The quantitative estimate of drug-likeness (QED) is 0.692. The Morgan fingerprint density at radius 3 is 2.39 bits per heavy atom. The van der Waals surface area contributed by atoms with Crippen LogP contribution in [0.25, 0.3) is 0 Å². The molecular weight excluding hydrogens is 434 g/mol. The van der Waals surface area contributed by atoms with Gasteiger partial charge in [-0.15, -0.1) is 0 Å². The van der Waals surface area contributed by atoms with Crippen LogP contribution in [0.1, 0.15) is 0 Å². The molecule has 1 aliphatic heterocycles. The third-order valence-electron chi connectivity index (χ3n) is 4.65. The Balaban J connectivity index is 1.48. The Labute approximate surface area is 171 Å². The predicted molar refractivity (Wildman–Crippen MR) is 107 cm³/mol. The summed E-state index contributed by atoms with van der Waals surface area (Å²) in [7, 11) is 1.66. The number of halogens is 3. The number of ether oxygens (including phenoxy) is 2. The van der Waals surface area contributed by atoms with E-state index < -0.39 is 23.5 Å². The van der Waals surface area contributed by atoms with Crippen molar-refractivity contribution in [1.29, 1.82) is 0 Å². The molecule has 1 saturated heterocycles. The Morgan fingerprint density at radius 1 is 1.11 bits per heavy atom. The molecular formula is C20H23BrF2N2O3. The lowest BCUT2D eigenvalue weighted by atomic mass is 10.2. The first-order valence-electron chi connectivity index (χ1n) is 9.03. The first kappa shape index (κ1) is 20.8. The molecule has 0 radical (unpaired) electrons. The highest BCUT2D eigenvalue weighted by Gasteiger charge is 2.22. The third-order valence-corrected chi connectivity index (χ3v) is 5.11. The second kappa shape index (κ2) is 9.54. The maximum atomic E-state index is 13.8. The van der Waals surface area contributed by atoms with Crippen LogP contribution in [0.4, 0.5) is 14.5 Å². The van der Waals surface area contributed by atoms with Crippen molar-refractivity contribution < 1.29 is 23.4 Å². The van der Waals surface area contributed by atoms with Crippen LogP contribution in [0.2, 0.25) is 0 Å². The summed E-state index contributed by atoms with van der Waals surface area (Å²) in [6.45, 7) is 3.31. The highest BCUT2D eigenvalue weighted by Crippen LogP contribution is 2.28. The highest BCUT2D eigenvalue weighted by molar-refractivity contribution is 9.10. The molecule has 152 valence electrons. The minimum Gasteiger partial charge on any atom is -0.495 e. The van der Waals surface area contributed by atoms with E-state index in [0.29, 0.717) is 11.0 Å². The molecule has 1 N–H and O–H groups in total. The fourth-order valence-corrected chi connectivity index (χ4v) is 3.66. The lowest BCUT2D eigenvalue weighted by molar-refractivity contribution is 0.0634. The first-order chi connectivity index (χ1) is 13.5. The number of para-hydroxylation sites is 2. The number of aliphatic hydroxyl groups excluding tert-OH is 1. The van der Waals surface area contributed by atoms with Crippen molar-refractivity contribution in [2.75, 3.05) is 51.3 Å². The van der Waals surface area contributed by atoms with Gasteiger partial charge < -0.3 is 19.5 Å². The first-order valence-corrected chi connectivity index (χ1v) is 9.83. The molecule has 0 unspecified atom stereocenters. The van der Waals surface area contributed by atoms with E-state index in [9.17, 15) is 13.9 Å². The Kier molecular flexibility index (Phi) is 7.09. The highest BCUT2D eigenvalue weighted by atomic mass is 79.9. The number of hydrogen-bond donors (Lipinski definition) is 1. The maximum absolute atomic E-state index is 13.8. The van der Waals surface area contributed by atoms with E-state index in [1.54, 1.807) is 7.11 Å². The molecule has 0 aliphatic carbocycles. The van der Waals surface area contributed by atoms with Crippen LogP contribution in [0.5, 0.6) is 11.5 Å². The minimum atomic E-state index is -0.847. The zero-order valence-electron chi connectivity index (χ0n) is 15.6. The molecule has 28 heavy (non-hydrogen) atoms. The molecule has 0 aromatic heterocycles. The molecule has 1 atom stereocenters. The molecule has 2 aromatic carbocycles. The molecule has 0 bridgehead atoms. The molecule has 0 saturated carbocycles. The number of β-amino-alcohol motifs (C(OH)–C–C–N with tert-alkyl or cyclic N) is 1. The van der Waals surface area contributed by atoms with E-state index >= 15 is 0 Å². The Bertz CT molecular complexity index is 778. The Morgan fingerprint density at radius 2 is 1.75 bits per heavy atom. The number of methoxy groups -OCH3 is 1. The molecule has 3 rings (SSSR count). The second-order valence-electron chi connectivity index (χ2n) is 6.62. The van der Waals surface area contributed by atoms with Gasteiger partial charge in [0.05, 0.1) is 12.8 Å². The molecule has 2 aromatic rings. The second-order valence-corrected chi connectivity index (χ2v) is 7.54. The molecule has 1 aliphatic rings. The summed E-state index contributed by atoms with van der Waals surface area (Å²) >= 11 is 3.02. The van der Waals surface area contributed by atoms with Crippen molar-refractivity contribution in [1.82, 2.24) is 4.90 Å². The number of hydrogen-bond acceptors (Lipinski definition) is 5. The van der Waals surface area contributed by atoms with E-state index in [0.717, 1.165) is 49.7 Å². The van der Waals surface area contributed by atoms with Crippen molar-refractivity contribution in [2.24, 2.45) is 0 Å². The summed E-state index contributed by atoms with van der Waals surface area (Å²) in [5, 5.41) is 10.2. The SMILES string of the molecule is COc1ccccc1N1CCN(C[C@@H](O)COc2c(F)cc(Br)cc2F)CC1. The number of aliphatic hydroxyl groups is 1. The zero-order valence-corrected chi connectivity index (χ0v) is 17.2. The van der Waals surface area contributed by atoms with Crippen LogP contribution in [0.3, 0.4) is 0 Å². The third kappa shape index (κ3) is 5.12. The van der Waals surface area contributed by atoms with E-state index in [1.165, 1.54) is 0 Å². The number of piperazine rings is 1. The predicted octanol–water partition coefficient (Wildman–Crippen LogP) is 3.30. The zero-order chi connectivity index (χ0) is 20.1. The van der Waals surface area contributed by atoms with Crippen molar-refractivity contribution >= 4 is 21.6 Å². The topological polar surface area (TPSA) is 45.2 Å². The monoisotopic (exact) mass is 456 g/mol.